The van der Waals surface area contributed by atoms with Gasteiger partial charge in [0, 0.05) is 4.47 Å². The fourth-order valence-electron chi connectivity index (χ4n) is 4.17. The molecular formula is C26H23Br3N2O6S. The molecule has 38 heavy (non-hydrogen) atoms. The van der Waals surface area contributed by atoms with Crippen molar-refractivity contribution in [2.75, 3.05) is 27.9 Å². The number of methoxy groups -OCH3 is 3. The van der Waals surface area contributed by atoms with E-state index in [-0.39, 0.29) is 17.7 Å². The SMILES string of the molecule is CCOC(=O)C1=C(C)N=c2s/c(=C\c3cc(Br)c(OC)c(Br)c3)c(=O)n2[C@H]1c1cc(OC)c(OC)cc1Br. The molecule has 8 nitrogen and oxygen atoms in total. The Bertz CT molecular complexity index is 1620. The number of benzene rings is 2. The molecule has 1 aliphatic heterocycles. The van der Waals surface area contributed by atoms with Crippen molar-refractivity contribution in [1.29, 1.82) is 0 Å². The average molecular weight is 731 g/mol. The number of hydrogen-bond donors (Lipinski definition) is 0. The third-order valence-corrected chi connectivity index (χ3v) is 8.68. The summed E-state index contributed by atoms with van der Waals surface area (Å²) in [4.78, 5) is 32.2. The van der Waals surface area contributed by atoms with Crippen LogP contribution in [-0.4, -0.2) is 38.5 Å². The summed E-state index contributed by atoms with van der Waals surface area (Å²) in [7, 11) is 4.65. The van der Waals surface area contributed by atoms with Crippen LogP contribution in [0.2, 0.25) is 0 Å². The highest BCUT2D eigenvalue weighted by Crippen LogP contribution is 2.41. The van der Waals surface area contributed by atoms with Crippen molar-refractivity contribution in [2.24, 2.45) is 4.99 Å². The Hall–Kier alpha value is -2.41. The molecule has 0 aliphatic carbocycles. The zero-order valence-electron chi connectivity index (χ0n) is 21.1. The molecule has 200 valence electrons. The molecule has 12 heteroatoms. The van der Waals surface area contributed by atoms with Gasteiger partial charge in [0.1, 0.15) is 5.75 Å². The van der Waals surface area contributed by atoms with Gasteiger partial charge in [-0.1, -0.05) is 27.3 Å². The standard InChI is InChI=1S/C26H23Br3N2O6S/c1-6-37-25(33)21-12(2)30-26-31(22(21)14-10-18(34-3)19(35-4)11-15(14)27)24(32)20(38-26)9-13-7-16(28)23(36-5)17(29)8-13/h7-11,22H,6H2,1-5H3/b20-9-/t22-/m0/s1. The first-order chi connectivity index (χ1) is 18.1. The van der Waals surface area contributed by atoms with Crippen LogP contribution in [-0.2, 0) is 9.53 Å². The molecule has 0 fully saturated rings. The summed E-state index contributed by atoms with van der Waals surface area (Å²) in [6.45, 7) is 3.65. The first kappa shape index (κ1) is 28.6. The molecule has 0 saturated carbocycles. The summed E-state index contributed by atoms with van der Waals surface area (Å²) < 4.78 is 25.8. The highest BCUT2D eigenvalue weighted by Gasteiger charge is 2.35. The number of allylic oxidation sites excluding steroid dienone is 1. The molecule has 1 aliphatic rings. The minimum absolute atomic E-state index is 0.182. The van der Waals surface area contributed by atoms with E-state index in [1.807, 2.05) is 12.1 Å². The molecule has 1 aromatic heterocycles. The molecule has 0 unspecified atom stereocenters. The van der Waals surface area contributed by atoms with Crippen LogP contribution in [0.15, 0.2) is 58.7 Å². The van der Waals surface area contributed by atoms with Gasteiger partial charge in [0.15, 0.2) is 16.3 Å². The Balaban J connectivity index is 2.00. The number of halogens is 3. The second kappa shape index (κ2) is 11.8. The molecule has 2 aromatic carbocycles. The van der Waals surface area contributed by atoms with Crippen molar-refractivity contribution in [3.63, 3.8) is 0 Å². The van der Waals surface area contributed by atoms with Crippen molar-refractivity contribution in [2.45, 2.75) is 19.9 Å². The summed E-state index contributed by atoms with van der Waals surface area (Å²) in [5.41, 5.74) is 1.85. The molecule has 0 bridgehead atoms. The molecule has 0 N–H and O–H groups in total. The molecule has 4 rings (SSSR count). The highest BCUT2D eigenvalue weighted by molar-refractivity contribution is 9.11. The van der Waals surface area contributed by atoms with Gasteiger partial charge in [-0.2, -0.15) is 0 Å². The number of carbonyl (C=O) groups is 1. The van der Waals surface area contributed by atoms with E-state index in [1.54, 1.807) is 39.2 Å². The van der Waals surface area contributed by atoms with Crippen LogP contribution in [0.1, 0.15) is 31.0 Å². The van der Waals surface area contributed by atoms with E-state index >= 15 is 0 Å². The largest absolute Gasteiger partial charge is 0.494 e. The van der Waals surface area contributed by atoms with Gasteiger partial charge in [0.2, 0.25) is 0 Å². The lowest BCUT2D eigenvalue weighted by molar-refractivity contribution is -0.139. The topological polar surface area (TPSA) is 88.4 Å². The van der Waals surface area contributed by atoms with E-state index in [4.69, 9.17) is 18.9 Å². The normalized spacial score (nSPS) is 15.2. The summed E-state index contributed by atoms with van der Waals surface area (Å²) in [5, 5.41) is 0. The first-order valence-corrected chi connectivity index (χ1v) is 14.5. The number of rotatable bonds is 7. The summed E-state index contributed by atoms with van der Waals surface area (Å²) in [6, 6.07) is 6.41. The van der Waals surface area contributed by atoms with Gasteiger partial charge < -0.3 is 18.9 Å². The minimum Gasteiger partial charge on any atom is -0.494 e. The van der Waals surface area contributed by atoms with Gasteiger partial charge in [0.05, 0.1) is 58.7 Å². The fraction of sp³-hybridized carbons (Fsp3) is 0.269. The van der Waals surface area contributed by atoms with E-state index in [2.05, 4.69) is 52.8 Å². The van der Waals surface area contributed by atoms with Crippen molar-refractivity contribution in [3.05, 3.63) is 79.8 Å². The van der Waals surface area contributed by atoms with Gasteiger partial charge >= 0.3 is 5.97 Å². The van der Waals surface area contributed by atoms with Gasteiger partial charge in [-0.05, 0) is 87.2 Å². The Labute approximate surface area is 248 Å². The van der Waals surface area contributed by atoms with Crippen LogP contribution in [0, 0.1) is 0 Å². The minimum atomic E-state index is -0.809. The Morgan fingerprint density at radius 2 is 1.66 bits per heavy atom. The first-order valence-electron chi connectivity index (χ1n) is 11.3. The molecule has 0 saturated heterocycles. The monoisotopic (exact) mass is 728 g/mol. The second-order valence-corrected chi connectivity index (χ2v) is 11.6. The maximum Gasteiger partial charge on any atom is 0.338 e. The lowest BCUT2D eigenvalue weighted by Crippen LogP contribution is -2.40. The van der Waals surface area contributed by atoms with Gasteiger partial charge in [-0.25, -0.2) is 9.79 Å². The van der Waals surface area contributed by atoms with E-state index < -0.39 is 12.0 Å². The molecule has 0 spiro atoms. The smallest absolute Gasteiger partial charge is 0.338 e. The summed E-state index contributed by atoms with van der Waals surface area (Å²) in [5.74, 6) is 1.07. The van der Waals surface area contributed by atoms with Crippen molar-refractivity contribution < 1.29 is 23.7 Å². The number of ether oxygens (including phenoxy) is 4. The predicted molar refractivity (Wildman–Crippen MR) is 156 cm³/mol. The van der Waals surface area contributed by atoms with Crippen LogP contribution in [0.4, 0.5) is 0 Å². The Morgan fingerprint density at radius 3 is 2.24 bits per heavy atom. The zero-order chi connectivity index (χ0) is 27.7. The quantitative estimate of drug-likeness (QED) is 0.314. The van der Waals surface area contributed by atoms with Gasteiger partial charge in [-0.15, -0.1) is 0 Å². The van der Waals surface area contributed by atoms with Gasteiger partial charge in [-0.3, -0.25) is 9.36 Å². The number of nitrogens with zero attached hydrogens (tertiary/aromatic N) is 2. The zero-order valence-corrected chi connectivity index (χ0v) is 26.6. The van der Waals surface area contributed by atoms with Crippen LogP contribution >= 0.6 is 59.1 Å². The van der Waals surface area contributed by atoms with Crippen molar-refractivity contribution in [3.8, 4) is 17.2 Å². The highest BCUT2D eigenvalue weighted by atomic mass is 79.9. The average Bonchev–Trinajstić information content (AvgIpc) is 3.17. The van der Waals surface area contributed by atoms with Crippen LogP contribution < -0.4 is 29.1 Å². The van der Waals surface area contributed by atoms with Crippen LogP contribution in [0.25, 0.3) is 6.08 Å². The number of thiazole rings is 1. The van der Waals surface area contributed by atoms with Crippen LogP contribution in [0.5, 0.6) is 17.2 Å². The third-order valence-electron chi connectivity index (χ3n) is 5.84. The fourth-order valence-corrected chi connectivity index (χ4v) is 7.31. The van der Waals surface area contributed by atoms with Crippen molar-refractivity contribution >= 4 is 71.2 Å². The molecule has 1 atom stereocenters. The van der Waals surface area contributed by atoms with Gasteiger partial charge in [0.25, 0.3) is 5.56 Å². The molecule has 2 heterocycles. The molecule has 0 amide bonds. The second-order valence-electron chi connectivity index (χ2n) is 8.05. The maximum absolute atomic E-state index is 13.9. The number of fused-ring (bicyclic) bond motifs is 1. The van der Waals surface area contributed by atoms with Crippen molar-refractivity contribution in [1.82, 2.24) is 4.57 Å². The number of esters is 1. The third kappa shape index (κ3) is 5.23. The predicted octanol–water partition coefficient (Wildman–Crippen LogP) is 5.11. The summed E-state index contributed by atoms with van der Waals surface area (Å²) >= 11 is 11.9. The lowest BCUT2D eigenvalue weighted by atomic mass is 9.95. The molecule has 3 aromatic rings. The lowest BCUT2D eigenvalue weighted by Gasteiger charge is -2.26. The molecular weight excluding hydrogens is 708 g/mol. The Kier molecular flexibility index (Phi) is 8.85. The number of carbonyl (C=O) groups excluding carboxylic acids is 1. The van der Waals surface area contributed by atoms with Crippen LogP contribution in [0.3, 0.4) is 0 Å². The van der Waals surface area contributed by atoms with E-state index in [1.165, 1.54) is 30.1 Å². The maximum atomic E-state index is 13.9. The summed E-state index contributed by atoms with van der Waals surface area (Å²) in [6.07, 6.45) is 1.78. The van der Waals surface area contributed by atoms with E-state index in [0.717, 1.165) is 14.5 Å². The van der Waals surface area contributed by atoms with E-state index in [0.29, 0.717) is 42.3 Å². The number of aromatic nitrogens is 1. The number of hydrogen-bond acceptors (Lipinski definition) is 8. The van der Waals surface area contributed by atoms with E-state index in [9.17, 15) is 9.59 Å². The molecule has 0 radical (unpaired) electrons. The Morgan fingerprint density at radius 1 is 1.03 bits per heavy atom.